The predicted molar refractivity (Wildman–Crippen MR) is 39.1 cm³/mol. The fourth-order valence-electron chi connectivity index (χ4n) is 1.99. The third-order valence-electron chi connectivity index (χ3n) is 3.08. The molecule has 0 nitrogen and oxygen atoms in total. The van der Waals surface area contributed by atoms with Crippen molar-refractivity contribution in [1.82, 2.24) is 0 Å². The zero-order valence-electron chi connectivity index (χ0n) is 6.22. The van der Waals surface area contributed by atoms with E-state index in [4.69, 9.17) is 0 Å². The molecule has 0 heterocycles. The van der Waals surface area contributed by atoms with Crippen LogP contribution in [0.3, 0.4) is 0 Å². The second-order valence-corrected chi connectivity index (χ2v) is 3.77. The van der Waals surface area contributed by atoms with Crippen LogP contribution in [-0.2, 0) is 0 Å². The number of rotatable bonds is 1. The largest absolute Gasteiger partial charge is 0.0993 e. The van der Waals surface area contributed by atoms with Crippen molar-refractivity contribution in [2.75, 3.05) is 0 Å². The van der Waals surface area contributed by atoms with E-state index in [-0.39, 0.29) is 0 Å². The molecule has 50 valence electrons. The van der Waals surface area contributed by atoms with E-state index < -0.39 is 0 Å². The molecule has 0 amide bonds. The lowest BCUT2D eigenvalue weighted by Gasteiger charge is -1.86. The van der Waals surface area contributed by atoms with Crippen LogP contribution in [0, 0.1) is 23.7 Å². The second kappa shape index (κ2) is 1.42. The number of hydrogen-bond donors (Lipinski definition) is 0. The van der Waals surface area contributed by atoms with E-state index >= 15 is 0 Å². The maximum Gasteiger partial charge on any atom is -0.0109 e. The van der Waals surface area contributed by atoms with Crippen LogP contribution < -0.4 is 0 Å². The van der Waals surface area contributed by atoms with Gasteiger partial charge in [-0.3, -0.25) is 0 Å². The molecule has 0 saturated heterocycles. The van der Waals surface area contributed by atoms with Gasteiger partial charge in [0, 0.05) is 0 Å². The van der Waals surface area contributed by atoms with E-state index in [1.54, 1.807) is 0 Å². The molecule has 0 heteroatoms. The quantitative estimate of drug-likeness (QED) is 0.469. The Morgan fingerprint density at radius 2 is 1.89 bits per heavy atom. The predicted octanol–water partition coefficient (Wildman–Crippen LogP) is 2.46. The lowest BCUT2D eigenvalue weighted by atomic mass is 10.2. The van der Waals surface area contributed by atoms with Crippen molar-refractivity contribution in [1.29, 1.82) is 0 Å². The Labute approximate surface area is 57.0 Å². The van der Waals surface area contributed by atoms with Crippen LogP contribution in [0.2, 0.25) is 0 Å². The Morgan fingerprint density at radius 3 is 2.00 bits per heavy atom. The molecule has 2 fully saturated rings. The highest BCUT2D eigenvalue weighted by molar-refractivity contribution is 5.28. The Kier molecular flexibility index (Phi) is 0.870. The average molecular weight is 122 g/mol. The van der Waals surface area contributed by atoms with Crippen LogP contribution in [0.4, 0.5) is 0 Å². The monoisotopic (exact) mass is 122 g/mol. The molecule has 4 unspecified atom stereocenters. The maximum absolute atomic E-state index is 4.02. The van der Waals surface area contributed by atoms with Crippen LogP contribution in [-0.4, -0.2) is 0 Å². The van der Waals surface area contributed by atoms with Gasteiger partial charge in [-0.05, 0) is 30.1 Å². The molecule has 0 aromatic carbocycles. The summed E-state index contributed by atoms with van der Waals surface area (Å²) in [6.07, 6.45) is 1.47. The average Bonchev–Trinajstić information content (AvgIpc) is 2.58. The molecule has 0 bridgehead atoms. The van der Waals surface area contributed by atoms with Gasteiger partial charge in [-0.15, -0.1) is 0 Å². The molecule has 0 N–H and O–H groups in total. The van der Waals surface area contributed by atoms with Crippen molar-refractivity contribution in [2.45, 2.75) is 20.3 Å². The van der Waals surface area contributed by atoms with E-state index in [1.807, 2.05) is 0 Å². The minimum absolute atomic E-state index is 0.861. The first kappa shape index (κ1) is 5.52. The van der Waals surface area contributed by atoms with E-state index in [9.17, 15) is 0 Å². The van der Waals surface area contributed by atoms with Crippen molar-refractivity contribution in [2.24, 2.45) is 23.7 Å². The fourth-order valence-corrected chi connectivity index (χ4v) is 1.99. The van der Waals surface area contributed by atoms with E-state index in [1.165, 1.54) is 12.0 Å². The summed E-state index contributed by atoms with van der Waals surface area (Å²) in [6.45, 7) is 8.68. The van der Waals surface area contributed by atoms with Crippen molar-refractivity contribution >= 4 is 0 Å². The van der Waals surface area contributed by atoms with Crippen LogP contribution in [0.5, 0.6) is 0 Å². The molecule has 2 rings (SSSR count). The smallest absolute Gasteiger partial charge is 0.0109 e. The molecular weight excluding hydrogens is 108 g/mol. The van der Waals surface area contributed by atoms with Gasteiger partial charge in [0.1, 0.15) is 0 Å². The summed E-state index contributed by atoms with van der Waals surface area (Å²) in [5.41, 5.74) is 1.52. The molecule has 9 heavy (non-hydrogen) atoms. The van der Waals surface area contributed by atoms with E-state index in [0.29, 0.717) is 0 Å². The fraction of sp³-hybridized carbons (Fsp3) is 0.778. The normalized spacial score (nSPS) is 55.6. The summed E-state index contributed by atoms with van der Waals surface area (Å²) in [5.74, 6) is 3.84. The standard InChI is InChI=1S/C9H14/c1-5-4-8(5)9-6(2)7(9)3/h5,7-9H,2,4H2,1,3H3. The summed E-state index contributed by atoms with van der Waals surface area (Å²) in [7, 11) is 0. The van der Waals surface area contributed by atoms with Gasteiger partial charge in [-0.25, -0.2) is 0 Å². The topological polar surface area (TPSA) is 0 Å². The first-order chi connectivity index (χ1) is 4.22. The first-order valence-electron chi connectivity index (χ1n) is 3.90. The van der Waals surface area contributed by atoms with Gasteiger partial charge < -0.3 is 0 Å². The molecule has 0 aromatic rings. The third kappa shape index (κ3) is 0.654. The molecule has 2 aliphatic carbocycles. The van der Waals surface area contributed by atoms with Crippen molar-refractivity contribution in [3.05, 3.63) is 12.2 Å². The van der Waals surface area contributed by atoms with Gasteiger partial charge in [0.15, 0.2) is 0 Å². The highest BCUT2D eigenvalue weighted by atomic mass is 14.6. The molecular formula is C9H14. The third-order valence-corrected chi connectivity index (χ3v) is 3.08. The molecule has 0 spiro atoms. The van der Waals surface area contributed by atoms with E-state index in [2.05, 4.69) is 20.4 Å². The van der Waals surface area contributed by atoms with Crippen LogP contribution in [0.15, 0.2) is 12.2 Å². The van der Waals surface area contributed by atoms with Gasteiger partial charge >= 0.3 is 0 Å². The van der Waals surface area contributed by atoms with Gasteiger partial charge in [0.05, 0.1) is 0 Å². The summed E-state index contributed by atoms with van der Waals surface area (Å²) in [4.78, 5) is 0. The van der Waals surface area contributed by atoms with Gasteiger partial charge in [0.2, 0.25) is 0 Å². The summed E-state index contributed by atoms with van der Waals surface area (Å²) in [5, 5.41) is 0. The number of allylic oxidation sites excluding steroid dienone is 1. The Hall–Kier alpha value is -0.260. The Bertz CT molecular complexity index is 157. The maximum atomic E-state index is 4.02. The first-order valence-corrected chi connectivity index (χ1v) is 3.90. The zero-order chi connectivity index (χ0) is 6.59. The van der Waals surface area contributed by atoms with Crippen LogP contribution in [0.25, 0.3) is 0 Å². The lowest BCUT2D eigenvalue weighted by Crippen LogP contribution is -1.82. The minimum atomic E-state index is 0.861. The molecule has 0 aromatic heterocycles. The van der Waals surface area contributed by atoms with Crippen molar-refractivity contribution < 1.29 is 0 Å². The highest BCUT2D eigenvalue weighted by Crippen LogP contribution is 2.60. The Balaban J connectivity index is 1.97. The van der Waals surface area contributed by atoms with Crippen LogP contribution >= 0.6 is 0 Å². The molecule has 2 saturated carbocycles. The summed E-state index contributed by atoms with van der Waals surface area (Å²) < 4.78 is 0. The Morgan fingerprint density at radius 1 is 1.44 bits per heavy atom. The molecule has 4 atom stereocenters. The van der Waals surface area contributed by atoms with Crippen molar-refractivity contribution in [3.63, 3.8) is 0 Å². The molecule has 0 aliphatic heterocycles. The lowest BCUT2D eigenvalue weighted by molar-refractivity contribution is 0.620. The van der Waals surface area contributed by atoms with Gasteiger partial charge in [-0.2, -0.15) is 0 Å². The van der Waals surface area contributed by atoms with E-state index in [0.717, 1.165) is 23.7 Å². The minimum Gasteiger partial charge on any atom is -0.0993 e. The zero-order valence-corrected chi connectivity index (χ0v) is 6.22. The molecule has 2 aliphatic rings. The van der Waals surface area contributed by atoms with Crippen molar-refractivity contribution in [3.8, 4) is 0 Å². The second-order valence-electron chi connectivity index (χ2n) is 3.77. The SMILES string of the molecule is C=C1C(C)C1C1CC1C. The summed E-state index contributed by atoms with van der Waals surface area (Å²) >= 11 is 0. The summed E-state index contributed by atoms with van der Waals surface area (Å²) in [6, 6.07) is 0. The van der Waals surface area contributed by atoms with Gasteiger partial charge in [-0.1, -0.05) is 26.0 Å². The molecule has 0 radical (unpaired) electrons. The van der Waals surface area contributed by atoms with Gasteiger partial charge in [0.25, 0.3) is 0 Å². The number of hydrogen-bond acceptors (Lipinski definition) is 0. The van der Waals surface area contributed by atoms with Crippen LogP contribution in [0.1, 0.15) is 20.3 Å². The highest BCUT2D eigenvalue weighted by Gasteiger charge is 2.52.